The van der Waals surface area contributed by atoms with Gasteiger partial charge in [0.25, 0.3) is 0 Å². The van der Waals surface area contributed by atoms with E-state index in [1.54, 1.807) is 11.8 Å². The van der Waals surface area contributed by atoms with Gasteiger partial charge in [-0.2, -0.15) is 0 Å². The summed E-state index contributed by atoms with van der Waals surface area (Å²) in [6.07, 6.45) is 2.30. The van der Waals surface area contributed by atoms with Gasteiger partial charge in [0.2, 0.25) is 5.91 Å². The monoisotopic (exact) mass is 375 g/mol. The molecule has 132 valence electrons. The number of carbonyl (C=O) groups is 1. The maximum absolute atomic E-state index is 12.7. The minimum absolute atomic E-state index is 0.0138. The van der Waals surface area contributed by atoms with Gasteiger partial charge in [-0.25, -0.2) is 8.42 Å². The molecule has 0 N–H and O–H groups in total. The third-order valence-corrected chi connectivity index (χ3v) is 7.65. The first kappa shape index (κ1) is 17.9. The summed E-state index contributed by atoms with van der Waals surface area (Å²) in [5.41, 5.74) is 1.59. The summed E-state index contributed by atoms with van der Waals surface area (Å²) in [5.74, 6) is -0.0780. The van der Waals surface area contributed by atoms with Crippen LogP contribution < -0.4 is 0 Å². The van der Waals surface area contributed by atoms with Crippen molar-refractivity contribution in [2.45, 2.75) is 18.6 Å². The van der Waals surface area contributed by atoms with Crippen LogP contribution in [0.3, 0.4) is 0 Å². The summed E-state index contributed by atoms with van der Waals surface area (Å²) in [4.78, 5) is 15.3. The van der Waals surface area contributed by atoms with Crippen LogP contribution in [0.1, 0.15) is 29.0 Å². The Morgan fingerprint density at radius 1 is 1.16 bits per heavy atom. The molecule has 1 aromatic heterocycles. The van der Waals surface area contributed by atoms with Crippen LogP contribution in [0.5, 0.6) is 0 Å². The molecule has 1 aliphatic rings. The molecule has 0 unspecified atom stereocenters. The average molecular weight is 376 g/mol. The number of sulfone groups is 1. The van der Waals surface area contributed by atoms with Crippen molar-refractivity contribution in [2.24, 2.45) is 0 Å². The van der Waals surface area contributed by atoms with Crippen molar-refractivity contribution in [3.8, 4) is 0 Å². The van der Waals surface area contributed by atoms with Gasteiger partial charge >= 0.3 is 0 Å². The highest BCUT2D eigenvalue weighted by molar-refractivity contribution is 7.91. The maximum atomic E-state index is 12.7. The molecule has 0 radical (unpaired) electrons. The van der Waals surface area contributed by atoms with E-state index in [0.29, 0.717) is 18.5 Å². The van der Waals surface area contributed by atoms with E-state index < -0.39 is 15.1 Å². The second kappa shape index (κ2) is 7.54. The van der Waals surface area contributed by atoms with Crippen molar-refractivity contribution < 1.29 is 13.2 Å². The SMILES string of the molecule is C/C(=C\c1ccccc1)C(=O)N1CC[C@@H](c2cccs2)S(=O)(=O)CC1. The molecule has 0 aliphatic carbocycles. The zero-order valence-electron chi connectivity index (χ0n) is 14.1. The average Bonchev–Trinajstić information content (AvgIpc) is 3.06. The van der Waals surface area contributed by atoms with Crippen molar-refractivity contribution in [3.63, 3.8) is 0 Å². The van der Waals surface area contributed by atoms with Crippen LogP contribution in [0.2, 0.25) is 0 Å². The predicted molar refractivity (Wildman–Crippen MR) is 102 cm³/mol. The van der Waals surface area contributed by atoms with E-state index in [4.69, 9.17) is 0 Å². The second-order valence-electron chi connectivity index (χ2n) is 6.19. The van der Waals surface area contributed by atoms with Crippen LogP contribution >= 0.6 is 11.3 Å². The van der Waals surface area contributed by atoms with E-state index in [0.717, 1.165) is 10.4 Å². The fourth-order valence-electron chi connectivity index (χ4n) is 3.05. The van der Waals surface area contributed by atoms with Crippen molar-refractivity contribution in [2.75, 3.05) is 18.8 Å². The maximum Gasteiger partial charge on any atom is 0.249 e. The summed E-state index contributed by atoms with van der Waals surface area (Å²) < 4.78 is 25.2. The van der Waals surface area contributed by atoms with Crippen LogP contribution in [0.25, 0.3) is 6.08 Å². The number of hydrogen-bond donors (Lipinski definition) is 0. The standard InChI is InChI=1S/C19H21NO3S2/c1-15(14-16-6-3-2-4-7-16)19(21)20-10-9-18(17-8-5-12-24-17)25(22,23)13-11-20/h2-8,12,14,18H,9-11,13H2,1H3/b15-14+/t18-/m0/s1. The van der Waals surface area contributed by atoms with Crippen LogP contribution in [0.15, 0.2) is 53.4 Å². The number of rotatable bonds is 3. The van der Waals surface area contributed by atoms with Gasteiger partial charge in [0.1, 0.15) is 0 Å². The lowest BCUT2D eigenvalue weighted by atomic mass is 10.1. The summed E-state index contributed by atoms with van der Waals surface area (Å²) >= 11 is 1.46. The van der Waals surface area contributed by atoms with Crippen molar-refractivity contribution in [1.29, 1.82) is 0 Å². The van der Waals surface area contributed by atoms with E-state index in [9.17, 15) is 13.2 Å². The highest BCUT2D eigenvalue weighted by Gasteiger charge is 2.33. The normalized spacial score (nSPS) is 20.9. The molecule has 25 heavy (non-hydrogen) atoms. The van der Waals surface area contributed by atoms with Gasteiger partial charge in [-0.05, 0) is 36.4 Å². The van der Waals surface area contributed by atoms with Crippen molar-refractivity contribution >= 4 is 33.2 Å². The quantitative estimate of drug-likeness (QED) is 0.771. The molecule has 2 heterocycles. The van der Waals surface area contributed by atoms with Gasteiger partial charge in [0.05, 0.1) is 11.0 Å². The Hall–Kier alpha value is -1.92. The zero-order valence-corrected chi connectivity index (χ0v) is 15.7. The summed E-state index contributed by atoms with van der Waals surface area (Å²) in [5, 5.41) is 1.40. The molecular formula is C19H21NO3S2. The molecule has 1 fully saturated rings. The fourth-order valence-corrected chi connectivity index (χ4v) is 6.06. The lowest BCUT2D eigenvalue weighted by Gasteiger charge is -2.20. The van der Waals surface area contributed by atoms with E-state index in [-0.39, 0.29) is 18.2 Å². The molecule has 1 saturated heterocycles. The third-order valence-electron chi connectivity index (χ3n) is 4.41. The lowest BCUT2D eigenvalue weighted by Crippen LogP contribution is -2.34. The molecule has 1 aromatic carbocycles. The fraction of sp³-hybridized carbons (Fsp3) is 0.316. The Kier molecular flexibility index (Phi) is 5.39. The molecule has 1 amide bonds. The first-order valence-corrected chi connectivity index (χ1v) is 10.8. The van der Waals surface area contributed by atoms with E-state index >= 15 is 0 Å². The number of hydrogen-bond acceptors (Lipinski definition) is 4. The highest BCUT2D eigenvalue weighted by atomic mass is 32.2. The Balaban J connectivity index is 1.76. The number of amides is 1. The van der Waals surface area contributed by atoms with Crippen molar-refractivity contribution in [1.82, 2.24) is 4.90 Å². The molecule has 2 aromatic rings. The van der Waals surface area contributed by atoms with E-state index in [1.807, 2.05) is 53.9 Å². The van der Waals surface area contributed by atoms with Gasteiger partial charge in [-0.3, -0.25) is 4.79 Å². The molecule has 6 heteroatoms. The first-order valence-electron chi connectivity index (χ1n) is 8.25. The van der Waals surface area contributed by atoms with Gasteiger partial charge in [0, 0.05) is 23.5 Å². The molecule has 1 aliphatic heterocycles. The largest absolute Gasteiger partial charge is 0.338 e. The second-order valence-corrected chi connectivity index (χ2v) is 9.47. The Labute approximate surface area is 152 Å². The summed E-state index contributed by atoms with van der Waals surface area (Å²) in [7, 11) is -3.24. The molecule has 3 rings (SSSR count). The van der Waals surface area contributed by atoms with Gasteiger partial charge < -0.3 is 4.90 Å². The predicted octanol–water partition coefficient (Wildman–Crippen LogP) is 3.54. The molecule has 4 nitrogen and oxygen atoms in total. The van der Waals surface area contributed by atoms with Gasteiger partial charge in [0.15, 0.2) is 9.84 Å². The van der Waals surface area contributed by atoms with Gasteiger partial charge in [-0.1, -0.05) is 36.4 Å². The van der Waals surface area contributed by atoms with Crippen LogP contribution in [0.4, 0.5) is 0 Å². The van der Waals surface area contributed by atoms with E-state index in [1.165, 1.54) is 11.3 Å². The molecule has 1 atom stereocenters. The summed E-state index contributed by atoms with van der Waals surface area (Å²) in [6.45, 7) is 2.50. The van der Waals surface area contributed by atoms with Crippen LogP contribution in [0, 0.1) is 0 Å². The minimum Gasteiger partial charge on any atom is -0.338 e. The van der Waals surface area contributed by atoms with Crippen molar-refractivity contribution in [3.05, 3.63) is 63.9 Å². The smallest absolute Gasteiger partial charge is 0.249 e. The third kappa shape index (κ3) is 4.19. The molecule has 0 bridgehead atoms. The molecular weight excluding hydrogens is 354 g/mol. The van der Waals surface area contributed by atoms with Crippen LogP contribution in [-0.2, 0) is 14.6 Å². The molecule has 0 spiro atoms. The Bertz CT molecular complexity index is 855. The Morgan fingerprint density at radius 2 is 1.92 bits per heavy atom. The topological polar surface area (TPSA) is 54.5 Å². The number of benzene rings is 1. The first-order chi connectivity index (χ1) is 12.0. The minimum atomic E-state index is -3.24. The number of thiophene rings is 1. The highest BCUT2D eigenvalue weighted by Crippen LogP contribution is 2.32. The zero-order chi connectivity index (χ0) is 17.9. The number of nitrogens with zero attached hydrogens (tertiary/aromatic N) is 1. The van der Waals surface area contributed by atoms with Crippen LogP contribution in [-0.4, -0.2) is 38.1 Å². The Morgan fingerprint density at radius 3 is 2.60 bits per heavy atom. The molecule has 0 saturated carbocycles. The summed E-state index contributed by atoms with van der Waals surface area (Å²) in [6, 6.07) is 13.4. The van der Waals surface area contributed by atoms with Gasteiger partial charge in [-0.15, -0.1) is 11.3 Å². The lowest BCUT2D eigenvalue weighted by molar-refractivity contribution is -0.126. The van der Waals surface area contributed by atoms with E-state index in [2.05, 4.69) is 0 Å². The number of carbonyl (C=O) groups excluding carboxylic acids is 1.